The Bertz CT molecular complexity index is 1280. The molecule has 1 aliphatic rings. The van der Waals surface area contributed by atoms with Crippen LogP contribution < -0.4 is 26.2 Å². The van der Waals surface area contributed by atoms with Gasteiger partial charge in [0.25, 0.3) is 5.88 Å². The fraction of sp³-hybridized carbons (Fsp3) is 0.273. The van der Waals surface area contributed by atoms with Crippen molar-refractivity contribution >= 4 is 17.3 Å². The van der Waals surface area contributed by atoms with Gasteiger partial charge in [-0.1, -0.05) is 18.2 Å². The zero-order valence-electron chi connectivity index (χ0n) is 17.6. The molecular formula is C22H23N5O4. The van der Waals surface area contributed by atoms with E-state index in [9.17, 15) is 14.4 Å². The number of carbonyl (C=O) groups excluding carboxylic acids is 1. The van der Waals surface area contributed by atoms with Gasteiger partial charge >= 0.3 is 11.2 Å². The lowest BCUT2D eigenvalue weighted by Crippen LogP contribution is -2.41. The van der Waals surface area contributed by atoms with Crippen molar-refractivity contribution in [2.75, 3.05) is 30.9 Å². The molecule has 9 heteroatoms. The second-order valence-electron chi connectivity index (χ2n) is 7.46. The number of hydrogen-bond donors (Lipinski definition) is 1. The van der Waals surface area contributed by atoms with Crippen molar-refractivity contribution in [3.05, 3.63) is 74.4 Å². The van der Waals surface area contributed by atoms with Crippen LogP contribution in [0.2, 0.25) is 0 Å². The third-order valence-corrected chi connectivity index (χ3v) is 5.25. The molecule has 0 aliphatic carbocycles. The smallest absolute Gasteiger partial charge is 0.352 e. The first kappa shape index (κ1) is 20.4. The second kappa shape index (κ2) is 8.10. The van der Waals surface area contributed by atoms with E-state index in [1.165, 1.54) is 19.6 Å². The Kier molecular flexibility index (Phi) is 5.33. The number of carbonyl (C=O) groups is 1. The topological polar surface area (TPSA) is 98.5 Å². The van der Waals surface area contributed by atoms with Crippen LogP contribution in [0, 0.1) is 0 Å². The molecule has 0 radical (unpaired) electrons. The van der Waals surface area contributed by atoms with Crippen LogP contribution in [0.1, 0.15) is 18.1 Å². The normalized spacial score (nSPS) is 12.5. The van der Waals surface area contributed by atoms with E-state index in [0.717, 1.165) is 33.5 Å². The van der Waals surface area contributed by atoms with Gasteiger partial charge in [0.15, 0.2) is 0 Å². The van der Waals surface area contributed by atoms with Gasteiger partial charge in [0.05, 0.1) is 19.3 Å². The molecule has 2 aromatic carbocycles. The first-order chi connectivity index (χ1) is 14.9. The number of hydrogen-bond acceptors (Lipinski definition) is 6. The monoisotopic (exact) mass is 421 g/mol. The number of likely N-dealkylation sites (N-methyl/N-ethyl adjacent to an activating group) is 1. The SMILES string of the molecule is COc1nn(-c2cccc(NC(C)=O)c2)c(=O)n(Cc2ccc3c(c2)CCN3C)c1=O. The average Bonchev–Trinajstić information content (AvgIpc) is 3.11. The van der Waals surface area contributed by atoms with Crippen molar-refractivity contribution in [3.63, 3.8) is 0 Å². The van der Waals surface area contributed by atoms with Crippen LogP contribution in [0.25, 0.3) is 5.69 Å². The summed E-state index contributed by atoms with van der Waals surface area (Å²) in [6.07, 6.45) is 0.925. The lowest BCUT2D eigenvalue weighted by atomic mass is 10.1. The maximum Gasteiger partial charge on any atom is 0.352 e. The first-order valence-electron chi connectivity index (χ1n) is 9.86. The molecular weight excluding hydrogens is 398 g/mol. The van der Waals surface area contributed by atoms with Crippen molar-refractivity contribution in [2.45, 2.75) is 19.9 Å². The fourth-order valence-electron chi connectivity index (χ4n) is 3.75. The Balaban J connectivity index is 1.78. The zero-order valence-corrected chi connectivity index (χ0v) is 17.6. The van der Waals surface area contributed by atoms with Crippen molar-refractivity contribution in [3.8, 4) is 11.6 Å². The predicted octanol–water partition coefficient (Wildman–Crippen LogP) is 1.40. The molecule has 2 heterocycles. The minimum absolute atomic E-state index is 0.0962. The third-order valence-electron chi connectivity index (χ3n) is 5.25. The van der Waals surface area contributed by atoms with Gasteiger partial charge in [0.1, 0.15) is 0 Å². The van der Waals surface area contributed by atoms with E-state index < -0.39 is 11.2 Å². The van der Waals surface area contributed by atoms with Crippen LogP contribution in [0.5, 0.6) is 5.88 Å². The number of nitrogens with zero attached hydrogens (tertiary/aromatic N) is 4. The molecule has 160 valence electrons. The molecule has 0 saturated carbocycles. The average molecular weight is 421 g/mol. The number of nitrogens with one attached hydrogen (secondary N) is 1. The van der Waals surface area contributed by atoms with Crippen molar-refractivity contribution in [2.24, 2.45) is 0 Å². The van der Waals surface area contributed by atoms with Gasteiger partial charge in [-0.3, -0.25) is 9.59 Å². The maximum atomic E-state index is 13.2. The van der Waals surface area contributed by atoms with E-state index in [-0.39, 0.29) is 18.3 Å². The van der Waals surface area contributed by atoms with Crippen LogP contribution in [0.15, 0.2) is 52.1 Å². The first-order valence-corrected chi connectivity index (χ1v) is 9.86. The fourth-order valence-corrected chi connectivity index (χ4v) is 3.75. The van der Waals surface area contributed by atoms with E-state index in [1.54, 1.807) is 24.3 Å². The number of fused-ring (bicyclic) bond motifs is 1. The van der Waals surface area contributed by atoms with Gasteiger partial charge in [-0.25, -0.2) is 9.36 Å². The number of benzene rings is 2. The Morgan fingerprint density at radius 2 is 2.00 bits per heavy atom. The van der Waals surface area contributed by atoms with Gasteiger partial charge in [0.2, 0.25) is 5.91 Å². The molecule has 3 aromatic rings. The van der Waals surface area contributed by atoms with Crippen LogP contribution in [0.4, 0.5) is 11.4 Å². The molecule has 1 aliphatic heterocycles. The van der Waals surface area contributed by atoms with Crippen molar-refractivity contribution < 1.29 is 9.53 Å². The molecule has 1 N–H and O–H groups in total. The van der Waals surface area contributed by atoms with Gasteiger partial charge in [-0.15, -0.1) is 5.10 Å². The van der Waals surface area contributed by atoms with Crippen molar-refractivity contribution in [1.82, 2.24) is 14.3 Å². The van der Waals surface area contributed by atoms with E-state index in [1.807, 2.05) is 25.2 Å². The maximum absolute atomic E-state index is 13.2. The molecule has 0 unspecified atom stereocenters. The molecule has 0 spiro atoms. The second-order valence-corrected chi connectivity index (χ2v) is 7.46. The minimum atomic E-state index is -0.598. The highest BCUT2D eigenvalue weighted by Crippen LogP contribution is 2.27. The Morgan fingerprint density at radius 1 is 1.19 bits per heavy atom. The lowest BCUT2D eigenvalue weighted by molar-refractivity contribution is -0.114. The summed E-state index contributed by atoms with van der Waals surface area (Å²) in [6.45, 7) is 2.44. The van der Waals surface area contributed by atoms with Crippen LogP contribution >= 0.6 is 0 Å². The van der Waals surface area contributed by atoms with Gasteiger partial charge in [-0.2, -0.15) is 4.68 Å². The van der Waals surface area contributed by atoms with E-state index >= 15 is 0 Å². The summed E-state index contributed by atoms with van der Waals surface area (Å²) in [6, 6.07) is 12.6. The van der Waals surface area contributed by atoms with E-state index in [4.69, 9.17) is 4.74 Å². The highest BCUT2D eigenvalue weighted by atomic mass is 16.5. The Morgan fingerprint density at radius 3 is 2.74 bits per heavy atom. The quantitative estimate of drug-likeness (QED) is 0.669. The third kappa shape index (κ3) is 3.94. The van der Waals surface area contributed by atoms with E-state index in [2.05, 4.69) is 15.3 Å². The molecule has 31 heavy (non-hydrogen) atoms. The van der Waals surface area contributed by atoms with E-state index in [0.29, 0.717) is 11.4 Å². The van der Waals surface area contributed by atoms with Gasteiger partial charge < -0.3 is 15.0 Å². The Hall–Kier alpha value is -3.88. The molecule has 0 atom stereocenters. The highest BCUT2D eigenvalue weighted by molar-refractivity contribution is 5.88. The predicted molar refractivity (Wildman–Crippen MR) is 117 cm³/mol. The zero-order chi connectivity index (χ0) is 22.1. The molecule has 0 fully saturated rings. The van der Waals surface area contributed by atoms with Crippen molar-refractivity contribution in [1.29, 1.82) is 0 Å². The summed E-state index contributed by atoms with van der Waals surface area (Å²) < 4.78 is 7.36. The van der Waals surface area contributed by atoms with Crippen LogP contribution in [0.3, 0.4) is 0 Å². The number of aromatic nitrogens is 3. The largest absolute Gasteiger partial charge is 0.476 e. The summed E-state index contributed by atoms with van der Waals surface area (Å²) in [7, 11) is 3.37. The highest BCUT2D eigenvalue weighted by Gasteiger charge is 2.18. The molecule has 9 nitrogen and oxygen atoms in total. The number of ether oxygens (including phenoxy) is 1. The number of rotatable bonds is 5. The number of methoxy groups -OCH3 is 1. The summed E-state index contributed by atoms with van der Waals surface area (Å²) in [5.41, 5.74) is 2.92. The van der Waals surface area contributed by atoms with Crippen LogP contribution in [-0.4, -0.2) is 41.0 Å². The Labute approximate surface area is 178 Å². The van der Waals surface area contributed by atoms with Gasteiger partial charge in [-0.05, 0) is 41.8 Å². The molecule has 0 saturated heterocycles. The summed E-state index contributed by atoms with van der Waals surface area (Å²) in [5.74, 6) is -0.423. The molecule has 0 bridgehead atoms. The van der Waals surface area contributed by atoms with Crippen LogP contribution in [-0.2, 0) is 17.8 Å². The standard InChI is InChI=1S/C22H23N5O4/c1-14(28)23-17-5-4-6-18(12-17)27-22(30)26(21(29)20(24-27)31-3)13-15-7-8-19-16(11-15)9-10-25(19)2/h4-8,11-12H,9-10,13H2,1-3H3,(H,23,28). The summed E-state index contributed by atoms with van der Waals surface area (Å²) in [4.78, 5) is 39.5. The lowest BCUT2D eigenvalue weighted by Gasteiger charge is -2.14. The molecule has 1 aromatic heterocycles. The summed E-state index contributed by atoms with van der Waals surface area (Å²) in [5, 5.41) is 6.75. The summed E-state index contributed by atoms with van der Waals surface area (Å²) >= 11 is 0. The minimum Gasteiger partial charge on any atom is -0.476 e. The molecule has 1 amide bonds. The number of amides is 1. The number of anilines is 2. The molecule has 4 rings (SSSR count). The van der Waals surface area contributed by atoms with Gasteiger partial charge in [0, 0.05) is 31.9 Å².